The normalized spacial score (nSPS) is 24.9. The zero-order valence-corrected chi connectivity index (χ0v) is 75.2. The van der Waals surface area contributed by atoms with Crippen LogP contribution in [0.1, 0.15) is 146 Å². The van der Waals surface area contributed by atoms with Gasteiger partial charge in [0.05, 0.1) is 30.7 Å². The van der Waals surface area contributed by atoms with Crippen LogP contribution in [0.2, 0.25) is 0 Å². The number of nitrogens with one attached hydrogen (secondary N) is 13. The molecule has 0 aliphatic carbocycles. The Morgan fingerprint density at radius 2 is 0.985 bits per heavy atom. The van der Waals surface area contributed by atoms with Gasteiger partial charge >= 0.3 is 11.9 Å². The van der Waals surface area contributed by atoms with E-state index in [0.717, 1.165) is 26.5 Å². The number of para-hydroxylation sites is 2. The first kappa shape index (κ1) is 101. The van der Waals surface area contributed by atoms with E-state index in [2.05, 4.69) is 73.1 Å². The highest BCUT2D eigenvalue weighted by molar-refractivity contribution is 8.00. The average Bonchev–Trinajstić information content (AvgIpc) is 1.53. The predicted molar refractivity (Wildman–Crippen MR) is 480 cm³/mol. The lowest BCUT2D eigenvalue weighted by Crippen LogP contribution is -2.61. The van der Waals surface area contributed by atoms with Crippen LogP contribution in [0.4, 0.5) is 0 Å². The molecule has 3 aromatic carbocycles. The minimum absolute atomic E-state index is 0.0205. The molecule has 4 aliphatic rings. The molecule has 712 valence electrons. The highest BCUT2D eigenvalue weighted by Gasteiger charge is 2.47. The van der Waals surface area contributed by atoms with E-state index in [1.807, 2.05) is 13.8 Å². The molecule has 0 radical (unpaired) electrons. The fourth-order valence-electron chi connectivity index (χ4n) is 17.0. The molecule has 4 fully saturated rings. The number of rotatable bonds is 24. The summed E-state index contributed by atoms with van der Waals surface area (Å²) in [4.78, 5) is 280. The Morgan fingerprint density at radius 1 is 0.500 bits per heavy atom. The first-order chi connectivity index (χ1) is 63.2. The number of carboxylic acids is 2. The van der Waals surface area contributed by atoms with Crippen molar-refractivity contribution < 1.29 is 102 Å². The molecule has 132 heavy (non-hydrogen) atoms. The number of hydrogen-bond acceptors (Lipinski definition) is 22. The summed E-state index contributed by atoms with van der Waals surface area (Å²) in [6, 6.07) is -1.37. The Bertz CT molecular complexity index is 5160. The van der Waals surface area contributed by atoms with Crippen molar-refractivity contribution in [1.82, 2.24) is 97.6 Å². The molecular formula is C89H119N21O21S. The molecule has 14 atom stereocenters. The molecule has 42 nitrogen and oxygen atoms in total. The van der Waals surface area contributed by atoms with Crippen LogP contribution < -0.4 is 64.6 Å². The highest BCUT2D eigenvalue weighted by Crippen LogP contribution is 2.29. The van der Waals surface area contributed by atoms with Crippen molar-refractivity contribution in [3.63, 3.8) is 0 Å². The maximum absolute atomic E-state index is 15.7. The summed E-state index contributed by atoms with van der Waals surface area (Å²) in [5.41, 5.74) is 14.7. The molecule has 4 saturated heterocycles. The fraction of sp³-hybridized carbons (Fsp3) is 0.517. The van der Waals surface area contributed by atoms with Gasteiger partial charge in [-0.2, -0.15) is 0 Å². The number of imidazole rings is 1. The second kappa shape index (κ2) is 47.9. The number of unbranched alkanes of at least 4 members (excludes halogenated alkanes) is 2. The number of H-pyrrole nitrogens is 3. The van der Waals surface area contributed by atoms with E-state index >= 15 is 38.4 Å². The topological polar surface area (TPSA) is 617 Å². The second-order valence-electron chi connectivity index (χ2n) is 33.6. The number of amides is 16. The van der Waals surface area contributed by atoms with Crippen molar-refractivity contribution in [1.29, 1.82) is 0 Å². The molecule has 6 aromatic rings. The van der Waals surface area contributed by atoms with Crippen LogP contribution in [0.3, 0.4) is 0 Å². The smallest absolute Gasteiger partial charge is 0.305 e. The van der Waals surface area contributed by atoms with Crippen molar-refractivity contribution >= 4 is 140 Å². The first-order valence-electron chi connectivity index (χ1n) is 44.5. The van der Waals surface area contributed by atoms with E-state index in [-0.39, 0.29) is 121 Å². The third-order valence-corrected chi connectivity index (χ3v) is 25.2. The molecule has 16 amide bonds. The lowest BCUT2D eigenvalue weighted by molar-refractivity contribution is -0.149. The van der Waals surface area contributed by atoms with Crippen LogP contribution in [0, 0.1) is 0 Å². The number of carbonyl (C=O) groups excluding carboxylic acids is 16. The number of hydrogen-bond donors (Lipinski definition) is 18. The Kier molecular flexibility index (Phi) is 36.5. The molecule has 0 spiro atoms. The van der Waals surface area contributed by atoms with E-state index in [9.17, 15) is 63.3 Å². The SMILES string of the molecule is CCCC[C@H]1C(=O)N(C)[C@@H](CCCC)C(=O)N[C@@H](C)C(=O)N[C@H](C(=O)NCC(N)=O)CSCC(=O)N[C@@H](Cc2ccc(O)cc2)C(=O)N2CCC[C@H]2C(=O)NC(CC(=O)O)C(=O)N2CCC[C@H]2C(=O)N[C@@H](Cc2c[nH]cn2)C(=O)N[C@@H](CCC(=O)O)C(=O)N2CCC[C@H]2C(=O)N[C@@H](Cc2c[nH]c3ccccc23)C(=O)N[C@@H](CCN)C(=O)N[C@@H](Cc2c[nH]c3ccccc23)C(=O)N1C. The number of primary amides is 1. The van der Waals surface area contributed by atoms with Crippen LogP contribution in [-0.4, -0.2) is 309 Å². The van der Waals surface area contributed by atoms with E-state index in [1.54, 1.807) is 60.9 Å². The summed E-state index contributed by atoms with van der Waals surface area (Å²) in [6.45, 7) is 3.71. The first-order valence-corrected chi connectivity index (χ1v) is 45.6. The van der Waals surface area contributed by atoms with Crippen LogP contribution in [0.5, 0.6) is 5.75 Å². The van der Waals surface area contributed by atoms with Crippen molar-refractivity contribution in [2.24, 2.45) is 11.5 Å². The maximum Gasteiger partial charge on any atom is 0.305 e. The number of aromatic hydroxyl groups is 1. The van der Waals surface area contributed by atoms with E-state index in [4.69, 9.17) is 11.5 Å². The van der Waals surface area contributed by atoms with Gasteiger partial charge in [0.1, 0.15) is 90.3 Å². The van der Waals surface area contributed by atoms with Crippen molar-refractivity contribution in [3.05, 3.63) is 120 Å². The van der Waals surface area contributed by atoms with Gasteiger partial charge in [0.15, 0.2) is 0 Å². The van der Waals surface area contributed by atoms with Gasteiger partial charge in [-0.25, -0.2) is 4.98 Å². The van der Waals surface area contributed by atoms with Gasteiger partial charge in [0.2, 0.25) is 94.5 Å². The number of carbonyl (C=O) groups is 18. The van der Waals surface area contributed by atoms with Gasteiger partial charge < -0.3 is 119 Å². The number of carboxylic acid groups (broad SMARTS) is 2. The number of phenols is 1. The summed E-state index contributed by atoms with van der Waals surface area (Å²) in [5, 5.41) is 58.4. The van der Waals surface area contributed by atoms with Crippen molar-refractivity contribution in [3.8, 4) is 5.75 Å². The van der Waals surface area contributed by atoms with Crippen LogP contribution in [0.15, 0.2) is 97.7 Å². The number of likely N-dealkylation sites (N-methyl/N-ethyl adjacent to an activating group) is 2. The lowest BCUT2D eigenvalue weighted by Gasteiger charge is -2.36. The molecule has 7 heterocycles. The Balaban J connectivity index is 1.00. The van der Waals surface area contributed by atoms with Gasteiger partial charge in [-0.3, -0.25) is 86.3 Å². The molecule has 4 aliphatic heterocycles. The zero-order valence-electron chi connectivity index (χ0n) is 74.3. The number of phenolic OH excluding ortho intramolecular Hbond substituents is 1. The summed E-state index contributed by atoms with van der Waals surface area (Å²) in [7, 11) is 2.75. The molecular weight excluding hydrogens is 1730 g/mol. The van der Waals surface area contributed by atoms with Gasteiger partial charge in [0, 0.05) is 112 Å². The monoisotopic (exact) mass is 1850 g/mol. The highest BCUT2D eigenvalue weighted by atomic mass is 32.2. The summed E-state index contributed by atoms with van der Waals surface area (Å²) in [6.07, 6.45) is 4.58. The molecule has 20 N–H and O–H groups in total. The number of thioether (sulfide) groups is 1. The van der Waals surface area contributed by atoms with Gasteiger partial charge in [0.25, 0.3) is 0 Å². The Morgan fingerprint density at radius 3 is 1.52 bits per heavy atom. The Labute approximate surface area is 765 Å². The standard InChI is InChI=1S/C89H119N21O21S/c1-6-8-21-67-81(123)97-49(3)76(118)105-66(77(119)95-45-72(91)112)46-132-47-73(113)98-63(37-50-26-28-54(111)29-27-50)87(129)109-35-16-25-70(109)84(126)104-65(41-75(116)117)88(130)110-36-15-24-69(110)83(125)102-62(40-53-44-92-48-96-53)80(122)100-60(30-31-74(114)115)86(128)108-34-14-23-68(108)82(124)101-61(38-51-42-93-57-19-12-10-17-55(51)57)79(121)99-59(32-33-90)78(120)103-64(39-52-43-94-58-20-13-11-18-56(52)58)85(127)107(5)71(22-9-7-2)89(131)106(67)4/h10-13,17-20,26-29,42-44,48-49,59-71,93-94,111H,6-9,14-16,21-25,30-41,45-47,90H2,1-5H3,(H2,91,112)(H,92,96)(H,95,119)(H,97,123)(H,98,113)(H,99,121)(H,100,122)(H,101,124)(H,102,125)(H,103,120)(H,104,126)(H,105,118)(H,114,115)(H,116,117)/t49-,59-,60-,61-,62-,63-,64-,65?,66-,67-,68-,69-,70-,71-/m0/s1. The molecule has 0 bridgehead atoms. The summed E-state index contributed by atoms with van der Waals surface area (Å²) < 4.78 is 0. The third kappa shape index (κ3) is 26.9. The maximum atomic E-state index is 15.7. The number of aromatic nitrogens is 4. The number of nitrogens with two attached hydrogens (primary N) is 2. The van der Waals surface area contributed by atoms with Crippen molar-refractivity contribution in [2.45, 2.75) is 234 Å². The quantitative estimate of drug-likeness (QED) is 0.0337. The van der Waals surface area contributed by atoms with E-state index in [1.165, 1.54) is 67.6 Å². The van der Waals surface area contributed by atoms with Crippen LogP contribution in [-0.2, 0) is 112 Å². The number of fused-ring (bicyclic) bond motifs is 5. The molecule has 3 aromatic heterocycles. The van der Waals surface area contributed by atoms with Crippen molar-refractivity contribution in [2.75, 3.05) is 58.3 Å². The Hall–Kier alpha value is -13.5. The summed E-state index contributed by atoms with van der Waals surface area (Å²) in [5.74, 6) is -18.5. The summed E-state index contributed by atoms with van der Waals surface area (Å²) >= 11 is 0.788. The molecule has 1 unspecified atom stereocenters. The van der Waals surface area contributed by atoms with E-state index < -0.39 is 228 Å². The van der Waals surface area contributed by atoms with Gasteiger partial charge in [-0.05, 0) is 119 Å². The second-order valence-corrected chi connectivity index (χ2v) is 34.7. The largest absolute Gasteiger partial charge is 0.508 e. The minimum Gasteiger partial charge on any atom is -0.508 e. The minimum atomic E-state index is -1.89. The number of benzene rings is 3. The van der Waals surface area contributed by atoms with Crippen LogP contribution in [0.25, 0.3) is 21.8 Å². The zero-order chi connectivity index (χ0) is 95.6. The van der Waals surface area contributed by atoms with Crippen LogP contribution >= 0.6 is 11.8 Å². The number of aliphatic carboxylic acids is 2. The number of nitrogens with zero attached hydrogens (tertiary/aromatic N) is 6. The van der Waals surface area contributed by atoms with E-state index in [0.29, 0.717) is 64.2 Å². The lowest BCUT2D eigenvalue weighted by atomic mass is 10.00. The van der Waals surface area contributed by atoms with Gasteiger partial charge in [-0.1, -0.05) is 88.1 Å². The molecule has 10 rings (SSSR count). The average molecular weight is 1850 g/mol. The fourth-order valence-corrected chi connectivity index (χ4v) is 17.9. The molecule has 0 saturated carbocycles. The third-order valence-electron chi connectivity index (χ3n) is 24.1. The molecule has 43 heteroatoms. The predicted octanol–water partition coefficient (Wildman–Crippen LogP) is -1.22. The van der Waals surface area contributed by atoms with Gasteiger partial charge in [-0.15, -0.1) is 11.8 Å². The number of aromatic amines is 3.